The first-order valence-corrected chi connectivity index (χ1v) is 5.94. The Bertz CT molecular complexity index is 261. The third-order valence-electron chi connectivity index (χ3n) is 1.98. The summed E-state index contributed by atoms with van der Waals surface area (Å²) in [6, 6.07) is 0.225. The number of nitrogens with zero attached hydrogens (tertiary/aromatic N) is 2. The fraction of sp³-hybridized carbons (Fsp3) is 0.600. The van der Waals surface area contributed by atoms with Crippen molar-refractivity contribution in [2.75, 3.05) is 5.75 Å². The third kappa shape index (κ3) is 3.64. The fourth-order valence-corrected chi connectivity index (χ4v) is 1.61. The van der Waals surface area contributed by atoms with Crippen molar-refractivity contribution in [1.29, 1.82) is 0 Å². The summed E-state index contributed by atoms with van der Waals surface area (Å²) in [5.41, 5.74) is 6.97. The van der Waals surface area contributed by atoms with E-state index in [1.807, 2.05) is 12.4 Å². The molecule has 1 aromatic rings. The molecule has 1 heterocycles. The van der Waals surface area contributed by atoms with Crippen LogP contribution in [0, 0.1) is 0 Å². The van der Waals surface area contributed by atoms with Crippen LogP contribution in [0.5, 0.6) is 0 Å². The van der Waals surface area contributed by atoms with Crippen LogP contribution in [-0.4, -0.2) is 21.8 Å². The number of hydrogen-bond donors (Lipinski definition) is 1. The number of rotatable bonds is 5. The van der Waals surface area contributed by atoms with E-state index in [9.17, 15) is 0 Å². The Balaban J connectivity index is 2.54. The maximum absolute atomic E-state index is 5.84. The average Bonchev–Trinajstić information content (AvgIpc) is 2.21. The van der Waals surface area contributed by atoms with Crippen molar-refractivity contribution >= 4 is 11.8 Å². The summed E-state index contributed by atoms with van der Waals surface area (Å²) in [6.45, 7) is 4.18. The first-order valence-electron chi connectivity index (χ1n) is 4.95. The highest BCUT2D eigenvalue weighted by molar-refractivity contribution is 7.99. The lowest BCUT2D eigenvalue weighted by Crippen LogP contribution is -2.21. The second kappa shape index (κ2) is 5.98. The summed E-state index contributed by atoms with van der Waals surface area (Å²) in [6.07, 6.45) is 5.61. The Morgan fingerprint density at radius 1 is 1.36 bits per heavy atom. The van der Waals surface area contributed by atoms with Crippen molar-refractivity contribution in [3.8, 4) is 0 Å². The summed E-state index contributed by atoms with van der Waals surface area (Å²) in [5.74, 6) is 1.01. The van der Waals surface area contributed by atoms with Crippen LogP contribution in [0.1, 0.15) is 25.8 Å². The predicted molar refractivity (Wildman–Crippen MR) is 60.4 cm³/mol. The highest BCUT2D eigenvalue weighted by atomic mass is 32.2. The zero-order valence-corrected chi connectivity index (χ0v) is 9.55. The van der Waals surface area contributed by atoms with Crippen LogP contribution in [0.15, 0.2) is 17.6 Å². The Morgan fingerprint density at radius 3 is 2.50 bits per heavy atom. The molecule has 0 amide bonds. The molecule has 4 heteroatoms. The number of thioether (sulfide) groups is 1. The summed E-state index contributed by atoms with van der Waals surface area (Å²) in [5, 5.41) is 0.848. The van der Waals surface area contributed by atoms with E-state index in [1.165, 1.54) is 0 Å². The molecule has 0 spiro atoms. The Kier molecular flexibility index (Phi) is 4.90. The van der Waals surface area contributed by atoms with Crippen molar-refractivity contribution in [1.82, 2.24) is 9.97 Å². The summed E-state index contributed by atoms with van der Waals surface area (Å²) in [7, 11) is 0. The smallest absolute Gasteiger partial charge is 0.187 e. The first kappa shape index (κ1) is 11.5. The molecule has 0 radical (unpaired) electrons. The first-order chi connectivity index (χ1) is 6.76. The van der Waals surface area contributed by atoms with Crippen molar-refractivity contribution < 1.29 is 0 Å². The van der Waals surface area contributed by atoms with Crippen LogP contribution >= 0.6 is 11.8 Å². The molecular weight excluding hydrogens is 194 g/mol. The van der Waals surface area contributed by atoms with Crippen LogP contribution in [0.2, 0.25) is 0 Å². The number of hydrogen-bond acceptors (Lipinski definition) is 4. The van der Waals surface area contributed by atoms with Gasteiger partial charge in [0.15, 0.2) is 5.16 Å². The lowest BCUT2D eigenvalue weighted by molar-refractivity contribution is 0.641. The molecule has 0 saturated heterocycles. The van der Waals surface area contributed by atoms with Crippen LogP contribution < -0.4 is 5.73 Å². The van der Waals surface area contributed by atoms with Crippen LogP contribution in [0.25, 0.3) is 0 Å². The highest BCUT2D eigenvalue weighted by Gasteiger charge is 2.02. The lowest BCUT2D eigenvalue weighted by Gasteiger charge is -2.07. The second-order valence-electron chi connectivity index (χ2n) is 3.18. The van der Waals surface area contributed by atoms with Gasteiger partial charge in [-0.05, 0) is 24.2 Å². The van der Waals surface area contributed by atoms with Crippen molar-refractivity contribution in [2.24, 2.45) is 5.73 Å². The van der Waals surface area contributed by atoms with Crippen molar-refractivity contribution in [3.05, 3.63) is 18.0 Å². The van der Waals surface area contributed by atoms with Crippen molar-refractivity contribution in [2.45, 2.75) is 37.9 Å². The van der Waals surface area contributed by atoms with Gasteiger partial charge in [-0.15, -0.1) is 0 Å². The van der Waals surface area contributed by atoms with Gasteiger partial charge in [0, 0.05) is 18.4 Å². The van der Waals surface area contributed by atoms with E-state index in [4.69, 9.17) is 5.73 Å². The van der Waals surface area contributed by atoms with Gasteiger partial charge in [-0.1, -0.05) is 25.6 Å². The highest BCUT2D eigenvalue weighted by Crippen LogP contribution is 2.11. The van der Waals surface area contributed by atoms with Gasteiger partial charge in [0.2, 0.25) is 0 Å². The number of aromatic nitrogens is 2. The molecule has 0 saturated carbocycles. The van der Waals surface area contributed by atoms with Gasteiger partial charge in [-0.25, -0.2) is 9.97 Å². The minimum absolute atomic E-state index is 0.225. The topological polar surface area (TPSA) is 51.8 Å². The molecule has 14 heavy (non-hydrogen) atoms. The van der Waals surface area contributed by atoms with Gasteiger partial charge in [-0.2, -0.15) is 0 Å². The summed E-state index contributed by atoms with van der Waals surface area (Å²) in [4.78, 5) is 8.50. The van der Waals surface area contributed by atoms with E-state index in [2.05, 4.69) is 23.8 Å². The molecule has 1 aromatic heterocycles. The predicted octanol–water partition coefficient (Wildman–Crippen LogP) is 1.87. The molecule has 3 nitrogen and oxygen atoms in total. The van der Waals surface area contributed by atoms with Gasteiger partial charge >= 0.3 is 0 Å². The van der Waals surface area contributed by atoms with E-state index >= 15 is 0 Å². The molecule has 2 N–H and O–H groups in total. The third-order valence-corrected chi connectivity index (χ3v) is 2.74. The molecule has 78 valence electrons. The van der Waals surface area contributed by atoms with Crippen LogP contribution in [0.4, 0.5) is 0 Å². The van der Waals surface area contributed by atoms with E-state index in [0.29, 0.717) is 0 Å². The van der Waals surface area contributed by atoms with Crippen molar-refractivity contribution in [3.63, 3.8) is 0 Å². The molecule has 1 rings (SSSR count). The molecule has 1 unspecified atom stereocenters. The lowest BCUT2D eigenvalue weighted by atomic mass is 10.1. The molecule has 0 aliphatic rings. The Hall–Kier alpha value is -0.610. The molecule has 0 bridgehead atoms. The van der Waals surface area contributed by atoms with E-state index in [-0.39, 0.29) is 6.04 Å². The SMILES string of the molecule is CCSc1ncc(CC(N)CC)cn1. The maximum atomic E-state index is 5.84. The van der Waals surface area contributed by atoms with Gasteiger partial charge in [0.1, 0.15) is 0 Å². The van der Waals surface area contributed by atoms with Gasteiger partial charge in [0.05, 0.1) is 0 Å². The van der Waals surface area contributed by atoms with E-state index < -0.39 is 0 Å². The minimum atomic E-state index is 0.225. The maximum Gasteiger partial charge on any atom is 0.187 e. The van der Waals surface area contributed by atoms with Gasteiger partial charge in [-0.3, -0.25) is 0 Å². The van der Waals surface area contributed by atoms with Gasteiger partial charge in [0.25, 0.3) is 0 Å². The molecule has 0 aliphatic carbocycles. The van der Waals surface area contributed by atoms with Crippen LogP contribution in [-0.2, 0) is 6.42 Å². The zero-order chi connectivity index (χ0) is 10.4. The monoisotopic (exact) mass is 211 g/mol. The largest absolute Gasteiger partial charge is 0.327 e. The Labute approximate surface area is 89.5 Å². The second-order valence-corrected chi connectivity index (χ2v) is 4.41. The molecule has 0 aromatic carbocycles. The summed E-state index contributed by atoms with van der Waals surface area (Å²) >= 11 is 1.66. The normalized spacial score (nSPS) is 12.8. The Morgan fingerprint density at radius 2 is 2.00 bits per heavy atom. The molecule has 0 fully saturated rings. The fourth-order valence-electron chi connectivity index (χ4n) is 1.10. The minimum Gasteiger partial charge on any atom is -0.327 e. The van der Waals surface area contributed by atoms with Crippen LogP contribution in [0.3, 0.4) is 0 Å². The molecule has 0 aliphatic heterocycles. The average molecular weight is 211 g/mol. The molecular formula is C10H17N3S. The van der Waals surface area contributed by atoms with E-state index in [0.717, 1.165) is 29.3 Å². The summed E-state index contributed by atoms with van der Waals surface area (Å²) < 4.78 is 0. The standard InChI is InChI=1S/C10H17N3S/c1-3-9(11)5-8-6-12-10(13-7-8)14-4-2/h6-7,9H,3-5,11H2,1-2H3. The quantitative estimate of drug-likeness (QED) is 0.596. The zero-order valence-electron chi connectivity index (χ0n) is 8.73. The molecule has 1 atom stereocenters. The number of nitrogens with two attached hydrogens (primary N) is 1. The van der Waals surface area contributed by atoms with E-state index in [1.54, 1.807) is 11.8 Å². The van der Waals surface area contributed by atoms with Gasteiger partial charge < -0.3 is 5.73 Å².